The molecule has 1 unspecified atom stereocenters. The Balaban J connectivity index is 1.42. The van der Waals surface area contributed by atoms with Gasteiger partial charge in [0.15, 0.2) is 0 Å². The molecule has 1 nitrogen and oxygen atoms in total. The number of benzene rings is 5. The Hall–Kier alpha value is -4.10. The van der Waals surface area contributed by atoms with Crippen LogP contribution in [-0.2, 0) is 18.3 Å². The molecule has 192 valence electrons. The van der Waals surface area contributed by atoms with E-state index in [1.54, 1.807) is 5.56 Å². The van der Waals surface area contributed by atoms with Crippen molar-refractivity contribution >= 4 is 17.1 Å². The molecule has 0 aromatic heterocycles. The predicted octanol–water partition coefficient (Wildman–Crippen LogP) is 9.96. The van der Waals surface area contributed by atoms with Gasteiger partial charge >= 0.3 is 0 Å². The number of para-hydroxylation sites is 1. The van der Waals surface area contributed by atoms with Gasteiger partial charge in [-0.1, -0.05) is 86.6 Å². The van der Waals surface area contributed by atoms with Gasteiger partial charge in [0.2, 0.25) is 0 Å². The maximum atomic E-state index is 2.44. The molecule has 5 aromatic rings. The van der Waals surface area contributed by atoms with Gasteiger partial charge in [-0.2, -0.15) is 0 Å². The van der Waals surface area contributed by atoms with Crippen LogP contribution in [0.5, 0.6) is 0 Å². The lowest BCUT2D eigenvalue weighted by atomic mass is 9.71. The molecule has 2 aliphatic rings. The van der Waals surface area contributed by atoms with E-state index < -0.39 is 0 Å². The van der Waals surface area contributed by atoms with Crippen molar-refractivity contribution in [1.29, 1.82) is 0 Å². The number of hydrogen-bond acceptors (Lipinski definition) is 1. The normalized spacial score (nSPS) is 16.5. The lowest BCUT2D eigenvalue weighted by molar-refractivity contribution is 0.630. The molecular weight excluding hydrogens is 470 g/mol. The highest BCUT2D eigenvalue weighted by Gasteiger charge is 2.38. The standard InChI is InChI=1S/C38H35N/c1-25-19-26(2)21-32(20-25)39(30-12-6-5-7-13-30)31-18-17-27-22-29-23-28-11-8-9-15-35(28)38(3,4)36-16-10-14-33(37(29)36)34(27)24-31/h5-21,24,29H,22-23H2,1-4H3. The van der Waals surface area contributed by atoms with E-state index in [1.165, 1.54) is 61.6 Å². The molecule has 2 aliphatic carbocycles. The van der Waals surface area contributed by atoms with Crippen molar-refractivity contribution in [2.45, 2.75) is 51.9 Å². The van der Waals surface area contributed by atoms with Gasteiger partial charge in [0.25, 0.3) is 0 Å². The van der Waals surface area contributed by atoms with Crippen molar-refractivity contribution in [3.05, 3.63) is 148 Å². The van der Waals surface area contributed by atoms with Crippen LogP contribution in [0.15, 0.2) is 109 Å². The molecule has 39 heavy (non-hydrogen) atoms. The van der Waals surface area contributed by atoms with Crippen LogP contribution >= 0.6 is 0 Å². The molecule has 0 spiro atoms. The van der Waals surface area contributed by atoms with Crippen molar-refractivity contribution in [1.82, 2.24) is 0 Å². The van der Waals surface area contributed by atoms with Gasteiger partial charge in [-0.3, -0.25) is 0 Å². The third-order valence-corrected chi connectivity index (χ3v) is 8.93. The first-order valence-electron chi connectivity index (χ1n) is 14.2. The molecule has 0 fully saturated rings. The summed E-state index contributed by atoms with van der Waals surface area (Å²) in [7, 11) is 0. The lowest BCUT2D eigenvalue weighted by Crippen LogP contribution is -2.22. The van der Waals surface area contributed by atoms with Gasteiger partial charge < -0.3 is 4.90 Å². The Labute approximate surface area is 232 Å². The molecule has 7 rings (SSSR count). The number of nitrogens with zero attached hydrogens (tertiary/aromatic N) is 1. The summed E-state index contributed by atoms with van der Waals surface area (Å²) < 4.78 is 0. The monoisotopic (exact) mass is 505 g/mol. The zero-order valence-electron chi connectivity index (χ0n) is 23.3. The Bertz CT molecular complexity index is 1690. The third-order valence-electron chi connectivity index (χ3n) is 8.93. The number of anilines is 3. The Morgan fingerprint density at radius 1 is 0.564 bits per heavy atom. The zero-order chi connectivity index (χ0) is 26.7. The second-order valence-corrected chi connectivity index (χ2v) is 12.0. The van der Waals surface area contributed by atoms with Crippen molar-refractivity contribution in [3.63, 3.8) is 0 Å². The predicted molar refractivity (Wildman–Crippen MR) is 165 cm³/mol. The molecule has 0 heterocycles. The molecule has 0 radical (unpaired) electrons. The average molecular weight is 506 g/mol. The highest BCUT2D eigenvalue weighted by Crippen LogP contribution is 2.51. The summed E-state index contributed by atoms with van der Waals surface area (Å²) in [5, 5.41) is 0. The Morgan fingerprint density at radius 2 is 1.26 bits per heavy atom. The molecule has 0 saturated heterocycles. The van der Waals surface area contributed by atoms with Crippen LogP contribution in [0, 0.1) is 13.8 Å². The van der Waals surface area contributed by atoms with Gasteiger partial charge in [-0.05, 0) is 119 Å². The summed E-state index contributed by atoms with van der Waals surface area (Å²) in [6.07, 6.45) is 2.18. The van der Waals surface area contributed by atoms with Gasteiger partial charge in [0.1, 0.15) is 0 Å². The minimum atomic E-state index is -0.0268. The van der Waals surface area contributed by atoms with Crippen LogP contribution in [0.25, 0.3) is 11.1 Å². The zero-order valence-corrected chi connectivity index (χ0v) is 23.3. The fraction of sp³-hybridized carbons (Fsp3) is 0.211. The lowest BCUT2D eigenvalue weighted by Gasteiger charge is -2.34. The molecule has 5 aromatic carbocycles. The summed E-state index contributed by atoms with van der Waals surface area (Å²) in [5.41, 5.74) is 16.4. The fourth-order valence-corrected chi connectivity index (χ4v) is 7.28. The van der Waals surface area contributed by atoms with E-state index in [1.807, 2.05) is 0 Å². The van der Waals surface area contributed by atoms with Crippen LogP contribution < -0.4 is 4.90 Å². The van der Waals surface area contributed by atoms with Crippen molar-refractivity contribution in [3.8, 4) is 11.1 Å². The topological polar surface area (TPSA) is 3.24 Å². The third kappa shape index (κ3) is 3.91. The highest BCUT2D eigenvalue weighted by atomic mass is 15.1. The molecule has 0 saturated carbocycles. The minimum Gasteiger partial charge on any atom is -0.310 e. The number of hydrogen-bond donors (Lipinski definition) is 0. The maximum Gasteiger partial charge on any atom is 0.0467 e. The van der Waals surface area contributed by atoms with Gasteiger partial charge in [-0.25, -0.2) is 0 Å². The van der Waals surface area contributed by atoms with Crippen LogP contribution in [0.1, 0.15) is 58.7 Å². The summed E-state index contributed by atoms with van der Waals surface area (Å²) in [5.74, 6) is 0.502. The first kappa shape index (κ1) is 24.0. The van der Waals surface area contributed by atoms with Crippen molar-refractivity contribution in [2.75, 3.05) is 4.90 Å². The maximum absolute atomic E-state index is 2.44. The SMILES string of the molecule is Cc1cc(C)cc(N(c2ccccc2)c2ccc3c(c2)-c2cccc4c2C(C3)Cc2ccccc2C4(C)C)c1. The van der Waals surface area contributed by atoms with E-state index in [0.717, 1.165) is 12.8 Å². The minimum absolute atomic E-state index is 0.0268. The van der Waals surface area contributed by atoms with Gasteiger partial charge in [0, 0.05) is 22.5 Å². The van der Waals surface area contributed by atoms with Crippen molar-refractivity contribution in [2.24, 2.45) is 0 Å². The number of fused-ring (bicyclic) bond motifs is 3. The molecule has 1 heteroatoms. The molecule has 0 amide bonds. The van der Waals surface area contributed by atoms with Gasteiger partial charge in [-0.15, -0.1) is 0 Å². The Kier molecular flexibility index (Phi) is 5.52. The highest BCUT2D eigenvalue weighted by molar-refractivity contribution is 5.84. The first-order valence-corrected chi connectivity index (χ1v) is 14.2. The van der Waals surface area contributed by atoms with E-state index in [2.05, 4.69) is 142 Å². The van der Waals surface area contributed by atoms with Crippen LogP contribution in [0.2, 0.25) is 0 Å². The molecule has 1 atom stereocenters. The number of rotatable bonds is 3. The molecule has 0 bridgehead atoms. The van der Waals surface area contributed by atoms with E-state index in [9.17, 15) is 0 Å². The second-order valence-electron chi connectivity index (χ2n) is 12.0. The fourth-order valence-electron chi connectivity index (χ4n) is 7.28. The summed E-state index contributed by atoms with van der Waals surface area (Å²) >= 11 is 0. The largest absolute Gasteiger partial charge is 0.310 e. The first-order chi connectivity index (χ1) is 18.9. The quantitative estimate of drug-likeness (QED) is 0.236. The van der Waals surface area contributed by atoms with E-state index in [-0.39, 0.29) is 5.41 Å². The van der Waals surface area contributed by atoms with Crippen LogP contribution in [0.4, 0.5) is 17.1 Å². The second kappa shape index (κ2) is 8.99. The van der Waals surface area contributed by atoms with Crippen molar-refractivity contribution < 1.29 is 0 Å². The molecule has 0 aliphatic heterocycles. The summed E-state index contributed by atoms with van der Waals surface area (Å²) in [4.78, 5) is 2.41. The van der Waals surface area contributed by atoms with Crippen LogP contribution in [-0.4, -0.2) is 0 Å². The van der Waals surface area contributed by atoms with E-state index in [4.69, 9.17) is 0 Å². The van der Waals surface area contributed by atoms with E-state index >= 15 is 0 Å². The van der Waals surface area contributed by atoms with Gasteiger partial charge in [0.05, 0.1) is 0 Å². The summed E-state index contributed by atoms with van der Waals surface area (Å²) in [6, 6.07) is 40.9. The van der Waals surface area contributed by atoms with E-state index in [0.29, 0.717) is 5.92 Å². The van der Waals surface area contributed by atoms with Crippen LogP contribution in [0.3, 0.4) is 0 Å². The molecule has 0 N–H and O–H groups in total. The summed E-state index contributed by atoms with van der Waals surface area (Å²) in [6.45, 7) is 9.19. The average Bonchev–Trinajstić information content (AvgIpc) is 3.02. The molecular formula is C38H35N. The Morgan fingerprint density at radius 3 is 2.05 bits per heavy atom. The number of aryl methyl sites for hydroxylation is 2. The smallest absolute Gasteiger partial charge is 0.0467 e.